The lowest BCUT2D eigenvalue weighted by atomic mass is 9.40. The molecule has 230 valence electrons. The first-order valence-electron chi connectivity index (χ1n) is 17.7. The summed E-state index contributed by atoms with van der Waals surface area (Å²) < 4.78 is 0. The van der Waals surface area contributed by atoms with Crippen molar-refractivity contribution in [2.75, 3.05) is 0 Å². The highest BCUT2D eigenvalue weighted by atomic mass is 14.7. The summed E-state index contributed by atoms with van der Waals surface area (Å²) in [6.07, 6.45) is 16.3. The van der Waals surface area contributed by atoms with Gasteiger partial charge in [-0.2, -0.15) is 0 Å². The lowest BCUT2D eigenvalue weighted by Gasteiger charge is -2.63. The average Bonchev–Trinajstić information content (AvgIpc) is 3.68. The van der Waals surface area contributed by atoms with Crippen LogP contribution < -0.4 is 0 Å². The van der Waals surface area contributed by atoms with Gasteiger partial charge in [0.05, 0.1) is 0 Å². The molecule has 45 heavy (non-hydrogen) atoms. The highest BCUT2D eigenvalue weighted by Gasteiger charge is 2.62. The monoisotopic (exact) mass is 590 g/mol. The molecule has 5 atom stereocenters. The maximum Gasteiger partial charge on any atom is 0.00887 e. The van der Waals surface area contributed by atoms with Crippen LogP contribution in [0.1, 0.15) is 92.7 Å². The normalized spacial score (nSPS) is 29.3. The van der Waals surface area contributed by atoms with Gasteiger partial charge in [0.1, 0.15) is 0 Å². The molecular formula is C45H50. The second kappa shape index (κ2) is 10.6. The zero-order valence-corrected chi connectivity index (χ0v) is 28.2. The van der Waals surface area contributed by atoms with Crippen LogP contribution >= 0.6 is 0 Å². The van der Waals surface area contributed by atoms with E-state index < -0.39 is 0 Å². The molecule has 0 saturated heterocycles. The second-order valence-electron chi connectivity index (χ2n) is 16.1. The fraction of sp³-hybridized carbons (Fsp3) is 0.422. The Hall–Kier alpha value is -3.38. The smallest absolute Gasteiger partial charge is 0.00887 e. The van der Waals surface area contributed by atoms with Crippen molar-refractivity contribution in [2.45, 2.75) is 79.6 Å². The Kier molecular flexibility index (Phi) is 6.83. The van der Waals surface area contributed by atoms with Gasteiger partial charge in [0.25, 0.3) is 0 Å². The van der Waals surface area contributed by atoms with Crippen LogP contribution in [0, 0.1) is 54.3 Å². The summed E-state index contributed by atoms with van der Waals surface area (Å²) in [5.41, 5.74) is 15.7. The molecule has 0 heteroatoms. The highest BCUT2D eigenvalue weighted by Crippen LogP contribution is 2.71. The van der Waals surface area contributed by atoms with Crippen LogP contribution in [0.25, 0.3) is 5.57 Å². The van der Waals surface area contributed by atoms with Gasteiger partial charge in [0.2, 0.25) is 0 Å². The van der Waals surface area contributed by atoms with Crippen molar-refractivity contribution in [3.05, 3.63) is 147 Å². The SMILES string of the molecule is Cc1cccc(C(=C2C3C(=C4Cc5ccccc5C4C4CCCCC34)C(C)(C)C(C)(C)C2C2C=CC=C2)c2cccc(C)c2)c1. The summed E-state index contributed by atoms with van der Waals surface area (Å²) in [6.45, 7) is 15.0. The van der Waals surface area contributed by atoms with Crippen molar-refractivity contribution < 1.29 is 0 Å². The quantitative estimate of drug-likeness (QED) is 0.266. The number of rotatable bonds is 3. The second-order valence-corrected chi connectivity index (χ2v) is 16.1. The Labute approximate surface area is 272 Å². The van der Waals surface area contributed by atoms with E-state index in [1.165, 1.54) is 53.5 Å². The molecule has 5 unspecified atom stereocenters. The molecule has 2 saturated carbocycles. The number of fused-ring (bicyclic) bond motifs is 7. The van der Waals surface area contributed by atoms with Gasteiger partial charge in [0, 0.05) is 17.8 Å². The Bertz CT molecular complexity index is 1720. The molecular weight excluding hydrogens is 540 g/mol. The Morgan fingerprint density at radius 1 is 0.689 bits per heavy atom. The third-order valence-electron chi connectivity index (χ3n) is 13.3. The molecule has 0 nitrogen and oxygen atoms in total. The molecule has 5 aliphatic carbocycles. The van der Waals surface area contributed by atoms with Crippen LogP contribution in [0.15, 0.2) is 114 Å². The van der Waals surface area contributed by atoms with Gasteiger partial charge in [-0.25, -0.2) is 0 Å². The molecule has 5 aliphatic rings. The summed E-state index contributed by atoms with van der Waals surface area (Å²) in [5, 5.41) is 0. The molecule has 0 bridgehead atoms. The molecule has 0 aliphatic heterocycles. The zero-order chi connectivity index (χ0) is 31.1. The molecule has 0 heterocycles. The maximum absolute atomic E-state index is 2.64. The molecule has 0 spiro atoms. The van der Waals surface area contributed by atoms with Gasteiger partial charge in [-0.3, -0.25) is 0 Å². The predicted octanol–water partition coefficient (Wildman–Crippen LogP) is 11.6. The molecule has 0 radical (unpaired) electrons. The van der Waals surface area contributed by atoms with Crippen LogP contribution in [0.5, 0.6) is 0 Å². The summed E-state index contributed by atoms with van der Waals surface area (Å²) in [6, 6.07) is 28.4. The maximum atomic E-state index is 2.64. The first kappa shape index (κ1) is 29.1. The van der Waals surface area contributed by atoms with E-state index >= 15 is 0 Å². The third-order valence-corrected chi connectivity index (χ3v) is 13.3. The minimum atomic E-state index is 0.0462. The van der Waals surface area contributed by atoms with Gasteiger partial charge in [-0.1, -0.05) is 160 Å². The minimum absolute atomic E-state index is 0.0462. The van der Waals surface area contributed by atoms with Crippen molar-refractivity contribution >= 4 is 5.57 Å². The topological polar surface area (TPSA) is 0 Å². The largest absolute Gasteiger partial charge is 0.0770 e. The van der Waals surface area contributed by atoms with E-state index in [4.69, 9.17) is 0 Å². The Morgan fingerprint density at radius 3 is 1.91 bits per heavy atom. The summed E-state index contributed by atoms with van der Waals surface area (Å²) >= 11 is 0. The molecule has 3 aromatic carbocycles. The predicted molar refractivity (Wildman–Crippen MR) is 190 cm³/mol. The molecule has 0 aromatic heterocycles. The van der Waals surface area contributed by atoms with Gasteiger partial charge in [-0.15, -0.1) is 0 Å². The fourth-order valence-corrected chi connectivity index (χ4v) is 10.9. The minimum Gasteiger partial charge on any atom is -0.0770 e. The van der Waals surface area contributed by atoms with E-state index in [1.807, 2.05) is 5.57 Å². The van der Waals surface area contributed by atoms with Crippen molar-refractivity contribution in [3.63, 3.8) is 0 Å². The first-order valence-corrected chi connectivity index (χ1v) is 17.7. The van der Waals surface area contributed by atoms with E-state index in [0.717, 1.165) is 12.3 Å². The lowest BCUT2D eigenvalue weighted by Crippen LogP contribution is -2.55. The number of benzene rings is 3. The van der Waals surface area contributed by atoms with E-state index in [2.05, 4.69) is 139 Å². The highest BCUT2D eigenvalue weighted by molar-refractivity contribution is 5.84. The van der Waals surface area contributed by atoms with Crippen LogP contribution in [0.4, 0.5) is 0 Å². The van der Waals surface area contributed by atoms with Crippen molar-refractivity contribution in [1.82, 2.24) is 0 Å². The standard InChI is InChI=1S/C45H50/c1-28-15-13-20-32(25-28)38(33-21-14-16-29(2)26-33)41-40-36-24-12-11-23-35(36)39-34-22-10-9-19-31(34)27-37(39)43(40)45(5,6)44(3,4)42(41)30-17-7-8-18-30/h7-10,13-22,25-26,30,35-36,39-40,42H,11-12,23-24,27H2,1-6H3. The number of hydrogen-bond donors (Lipinski definition) is 0. The van der Waals surface area contributed by atoms with Crippen LogP contribution in [0.3, 0.4) is 0 Å². The van der Waals surface area contributed by atoms with Gasteiger partial charge in [0.15, 0.2) is 0 Å². The van der Waals surface area contributed by atoms with E-state index in [1.54, 1.807) is 22.3 Å². The molecule has 0 N–H and O–H groups in total. The number of hydrogen-bond acceptors (Lipinski definition) is 0. The lowest BCUT2D eigenvalue weighted by molar-refractivity contribution is 0.00724. The summed E-state index contributed by atoms with van der Waals surface area (Å²) in [5.74, 6) is 3.30. The van der Waals surface area contributed by atoms with Crippen LogP contribution in [0.2, 0.25) is 0 Å². The summed E-state index contributed by atoms with van der Waals surface area (Å²) in [7, 11) is 0. The van der Waals surface area contributed by atoms with Crippen molar-refractivity contribution in [1.29, 1.82) is 0 Å². The van der Waals surface area contributed by atoms with Gasteiger partial charge >= 0.3 is 0 Å². The molecule has 2 fully saturated rings. The van der Waals surface area contributed by atoms with E-state index in [-0.39, 0.29) is 10.8 Å². The molecule has 3 aromatic rings. The number of aryl methyl sites for hydroxylation is 2. The van der Waals surface area contributed by atoms with Crippen molar-refractivity contribution in [3.8, 4) is 0 Å². The molecule has 0 amide bonds. The van der Waals surface area contributed by atoms with Gasteiger partial charge < -0.3 is 0 Å². The van der Waals surface area contributed by atoms with E-state index in [9.17, 15) is 0 Å². The van der Waals surface area contributed by atoms with Crippen LogP contribution in [-0.2, 0) is 6.42 Å². The first-order chi connectivity index (χ1) is 21.7. The fourth-order valence-electron chi connectivity index (χ4n) is 10.9. The zero-order valence-electron chi connectivity index (χ0n) is 28.2. The average molecular weight is 591 g/mol. The summed E-state index contributed by atoms with van der Waals surface area (Å²) in [4.78, 5) is 0. The Morgan fingerprint density at radius 2 is 1.29 bits per heavy atom. The molecule has 8 rings (SSSR count). The van der Waals surface area contributed by atoms with Crippen LogP contribution in [-0.4, -0.2) is 0 Å². The van der Waals surface area contributed by atoms with E-state index in [0.29, 0.717) is 29.6 Å². The van der Waals surface area contributed by atoms with Crippen molar-refractivity contribution in [2.24, 2.45) is 40.4 Å². The third kappa shape index (κ3) is 4.31. The van der Waals surface area contributed by atoms with Gasteiger partial charge in [-0.05, 0) is 95.1 Å². The Balaban J connectivity index is 1.52. The number of allylic oxidation sites excluding steroid dienone is 7.